The smallest absolute Gasteiger partial charge is 0.308 e. The van der Waals surface area contributed by atoms with Crippen LogP contribution in [0.4, 0.5) is 0 Å². The maximum Gasteiger partial charge on any atom is 0.308 e. The van der Waals surface area contributed by atoms with Crippen LogP contribution < -0.4 is 10.1 Å². The summed E-state index contributed by atoms with van der Waals surface area (Å²) in [7, 11) is 0. The van der Waals surface area contributed by atoms with Crippen LogP contribution in [0.3, 0.4) is 0 Å². The number of nitrogens with zero attached hydrogens (tertiary/aromatic N) is 1. The molecule has 2 N–H and O–H groups in total. The SMILES string of the molecule is CB(O)[C@H](CC1CCC1)NC(=O)[C@@H](CC(=O)c1cccnc1Oc1ccccc1)Cc1ccccc1. The maximum absolute atomic E-state index is 13.5. The molecule has 36 heavy (non-hydrogen) atoms. The van der Waals surface area contributed by atoms with Crippen molar-refractivity contribution < 1.29 is 19.3 Å². The highest BCUT2D eigenvalue weighted by Gasteiger charge is 2.31. The number of hydrogen-bond donors (Lipinski definition) is 2. The lowest BCUT2D eigenvalue weighted by atomic mass is 9.59. The van der Waals surface area contributed by atoms with Crippen molar-refractivity contribution in [2.45, 2.75) is 51.3 Å². The molecule has 0 spiro atoms. The number of ketones is 1. The molecular weight excluding hydrogens is 451 g/mol. The van der Waals surface area contributed by atoms with E-state index in [0.717, 1.165) is 24.8 Å². The molecule has 1 amide bonds. The predicted molar refractivity (Wildman–Crippen MR) is 141 cm³/mol. The number of aromatic nitrogens is 1. The van der Waals surface area contributed by atoms with Crippen molar-refractivity contribution in [1.82, 2.24) is 10.3 Å². The fraction of sp³-hybridized carbons (Fsp3) is 0.345. The molecule has 186 valence electrons. The number of pyridine rings is 1. The fourth-order valence-corrected chi connectivity index (χ4v) is 4.54. The maximum atomic E-state index is 13.5. The summed E-state index contributed by atoms with van der Waals surface area (Å²) in [5.74, 6) is -0.00499. The van der Waals surface area contributed by atoms with Crippen molar-refractivity contribution in [3.8, 4) is 11.6 Å². The summed E-state index contributed by atoms with van der Waals surface area (Å²) in [5.41, 5.74) is 1.32. The number of carbonyl (C=O) groups is 2. The van der Waals surface area contributed by atoms with Crippen LogP contribution in [0, 0.1) is 11.8 Å². The first kappa shape index (κ1) is 25.6. The van der Waals surface area contributed by atoms with Crippen LogP contribution in [-0.2, 0) is 11.2 Å². The number of ether oxygens (including phenoxy) is 1. The minimum atomic E-state index is -0.660. The van der Waals surface area contributed by atoms with E-state index in [1.165, 1.54) is 6.42 Å². The topological polar surface area (TPSA) is 88.5 Å². The molecule has 7 heteroatoms. The zero-order valence-corrected chi connectivity index (χ0v) is 20.7. The number of Topliss-reactive ketones (excluding diaryl/α,β-unsaturated/α-hetero) is 1. The quantitative estimate of drug-likeness (QED) is 0.275. The molecule has 0 unspecified atom stereocenters. The first-order valence-corrected chi connectivity index (χ1v) is 12.7. The lowest BCUT2D eigenvalue weighted by Crippen LogP contribution is -2.49. The minimum Gasteiger partial charge on any atom is -0.449 e. The molecule has 1 saturated carbocycles. The Morgan fingerprint density at radius 1 is 1.06 bits per heavy atom. The molecule has 0 bridgehead atoms. The van der Waals surface area contributed by atoms with Gasteiger partial charge in [-0.15, -0.1) is 0 Å². The lowest BCUT2D eigenvalue weighted by molar-refractivity contribution is -0.125. The standard InChI is InChI=1S/C29H33BN2O4/c1-30(35)27(19-22-12-8-13-22)32-28(34)23(18-21-10-4-2-5-11-21)20-26(33)25-16-9-17-31-29(25)36-24-14-6-3-7-15-24/h2-7,9-11,14-17,22-23,27,35H,8,12-13,18-20H2,1H3,(H,32,34)/t23-,27+/m1/s1. The van der Waals surface area contributed by atoms with E-state index in [-0.39, 0.29) is 29.9 Å². The van der Waals surface area contributed by atoms with Gasteiger partial charge in [-0.05, 0) is 48.6 Å². The van der Waals surface area contributed by atoms with Gasteiger partial charge < -0.3 is 15.1 Å². The van der Waals surface area contributed by atoms with Crippen molar-refractivity contribution >= 4 is 18.6 Å². The first-order valence-electron chi connectivity index (χ1n) is 12.7. The Hall–Kier alpha value is -3.45. The van der Waals surface area contributed by atoms with Crippen LogP contribution in [-0.4, -0.2) is 34.6 Å². The molecule has 6 nitrogen and oxygen atoms in total. The van der Waals surface area contributed by atoms with E-state index in [1.54, 1.807) is 37.3 Å². The Balaban J connectivity index is 1.52. The molecule has 3 aromatic rings. The number of carbonyl (C=O) groups excluding carboxylic acids is 2. The van der Waals surface area contributed by atoms with Gasteiger partial charge >= 0.3 is 6.92 Å². The molecule has 2 aromatic carbocycles. The van der Waals surface area contributed by atoms with E-state index in [0.29, 0.717) is 23.7 Å². The van der Waals surface area contributed by atoms with Gasteiger partial charge in [-0.25, -0.2) is 4.98 Å². The fourth-order valence-electron chi connectivity index (χ4n) is 4.54. The van der Waals surface area contributed by atoms with Gasteiger partial charge in [-0.3, -0.25) is 9.59 Å². The largest absolute Gasteiger partial charge is 0.449 e. The summed E-state index contributed by atoms with van der Waals surface area (Å²) in [4.78, 5) is 31.2. The highest BCUT2D eigenvalue weighted by molar-refractivity contribution is 6.51. The average molecular weight is 484 g/mol. The Bertz CT molecular complexity index is 1140. The van der Waals surface area contributed by atoms with E-state index in [2.05, 4.69) is 10.3 Å². The summed E-state index contributed by atoms with van der Waals surface area (Å²) < 4.78 is 5.88. The highest BCUT2D eigenvalue weighted by Crippen LogP contribution is 2.31. The Kier molecular flexibility index (Phi) is 8.90. The van der Waals surface area contributed by atoms with Gasteiger partial charge in [0, 0.05) is 24.5 Å². The van der Waals surface area contributed by atoms with Gasteiger partial charge in [0.25, 0.3) is 0 Å². The Labute approximate surface area is 213 Å². The zero-order chi connectivity index (χ0) is 25.3. The number of nitrogens with one attached hydrogen (secondary N) is 1. The van der Waals surface area contributed by atoms with Gasteiger partial charge in [0.05, 0.1) is 5.56 Å². The molecular formula is C29H33BN2O4. The second kappa shape index (κ2) is 12.5. The third-order valence-corrected chi connectivity index (χ3v) is 6.88. The first-order chi connectivity index (χ1) is 17.5. The van der Waals surface area contributed by atoms with Crippen LogP contribution in [0.25, 0.3) is 0 Å². The van der Waals surface area contributed by atoms with Crippen molar-refractivity contribution in [2.24, 2.45) is 11.8 Å². The van der Waals surface area contributed by atoms with E-state index in [4.69, 9.17) is 4.74 Å². The molecule has 0 saturated heterocycles. The van der Waals surface area contributed by atoms with Crippen LogP contribution >= 0.6 is 0 Å². The number of hydrogen-bond acceptors (Lipinski definition) is 5. The second-order valence-electron chi connectivity index (χ2n) is 9.67. The third kappa shape index (κ3) is 7.04. The van der Waals surface area contributed by atoms with Gasteiger partial charge in [-0.1, -0.05) is 74.6 Å². The highest BCUT2D eigenvalue weighted by atomic mass is 16.5. The van der Waals surface area contributed by atoms with Crippen LogP contribution in [0.5, 0.6) is 11.6 Å². The zero-order valence-electron chi connectivity index (χ0n) is 20.7. The van der Waals surface area contributed by atoms with Crippen LogP contribution in [0.2, 0.25) is 6.82 Å². The summed E-state index contributed by atoms with van der Waals surface area (Å²) in [6.45, 7) is 1.05. The molecule has 0 radical (unpaired) electrons. The minimum absolute atomic E-state index is 0.00747. The lowest BCUT2D eigenvalue weighted by Gasteiger charge is -2.31. The summed E-state index contributed by atoms with van der Waals surface area (Å²) in [5, 5.41) is 13.4. The van der Waals surface area contributed by atoms with Crippen molar-refractivity contribution in [3.63, 3.8) is 0 Å². The van der Waals surface area contributed by atoms with Gasteiger partial charge in [-0.2, -0.15) is 0 Å². The molecule has 2 atom stereocenters. The number of benzene rings is 2. The molecule has 1 fully saturated rings. The predicted octanol–water partition coefficient (Wildman–Crippen LogP) is 5.13. The van der Waals surface area contributed by atoms with E-state index in [1.807, 2.05) is 48.5 Å². The molecule has 4 rings (SSSR count). The Morgan fingerprint density at radius 3 is 2.39 bits per heavy atom. The van der Waals surface area contributed by atoms with Crippen LogP contribution in [0.1, 0.15) is 48.0 Å². The van der Waals surface area contributed by atoms with Crippen LogP contribution in [0.15, 0.2) is 79.0 Å². The summed E-state index contributed by atoms with van der Waals surface area (Å²) >= 11 is 0. The molecule has 0 aliphatic heterocycles. The van der Waals surface area contributed by atoms with E-state index >= 15 is 0 Å². The molecule has 1 heterocycles. The third-order valence-electron chi connectivity index (χ3n) is 6.88. The van der Waals surface area contributed by atoms with E-state index < -0.39 is 12.8 Å². The Morgan fingerprint density at radius 2 is 1.75 bits per heavy atom. The molecule has 1 aliphatic rings. The summed E-state index contributed by atoms with van der Waals surface area (Å²) in [6, 6.07) is 22.2. The van der Waals surface area contributed by atoms with Crippen molar-refractivity contribution in [1.29, 1.82) is 0 Å². The van der Waals surface area contributed by atoms with Gasteiger partial charge in [0.2, 0.25) is 11.8 Å². The summed E-state index contributed by atoms with van der Waals surface area (Å²) in [6.07, 6.45) is 6.24. The van der Waals surface area contributed by atoms with Gasteiger partial charge in [0.15, 0.2) is 5.78 Å². The average Bonchev–Trinajstić information content (AvgIpc) is 2.86. The second-order valence-corrected chi connectivity index (χ2v) is 9.67. The van der Waals surface area contributed by atoms with Crippen molar-refractivity contribution in [3.05, 3.63) is 90.1 Å². The molecule has 1 aromatic heterocycles. The molecule has 1 aliphatic carbocycles. The number of amides is 1. The number of para-hydroxylation sites is 1. The monoisotopic (exact) mass is 484 g/mol. The van der Waals surface area contributed by atoms with Crippen molar-refractivity contribution in [2.75, 3.05) is 0 Å². The normalized spacial score (nSPS) is 14.8. The van der Waals surface area contributed by atoms with E-state index in [9.17, 15) is 14.6 Å². The van der Waals surface area contributed by atoms with Gasteiger partial charge in [0.1, 0.15) is 5.75 Å². The number of rotatable bonds is 12.